The van der Waals surface area contributed by atoms with E-state index in [2.05, 4.69) is 5.32 Å². The fraction of sp³-hybridized carbons (Fsp3) is 0.500. The Bertz CT molecular complexity index is 1120. The molecule has 8 heteroatoms. The summed E-state index contributed by atoms with van der Waals surface area (Å²) < 4.78 is 26.6. The first-order valence-electron chi connectivity index (χ1n) is 12.7. The molecule has 0 heterocycles. The number of anilines is 1. The molecular formula is C28H41N3O4S. The number of benzene rings is 2. The third kappa shape index (κ3) is 8.36. The van der Waals surface area contributed by atoms with E-state index in [1.54, 1.807) is 4.90 Å². The predicted octanol–water partition coefficient (Wildman–Crippen LogP) is 4.57. The summed E-state index contributed by atoms with van der Waals surface area (Å²) in [5, 5.41) is 3.01. The van der Waals surface area contributed by atoms with Crippen LogP contribution in [0.5, 0.6) is 0 Å². The van der Waals surface area contributed by atoms with Crippen molar-refractivity contribution in [1.29, 1.82) is 0 Å². The summed E-state index contributed by atoms with van der Waals surface area (Å²) in [7, 11) is -3.53. The molecule has 0 aliphatic rings. The Morgan fingerprint density at radius 1 is 1.00 bits per heavy atom. The van der Waals surface area contributed by atoms with Gasteiger partial charge in [-0.05, 0) is 62.8 Å². The van der Waals surface area contributed by atoms with E-state index in [-0.39, 0.29) is 30.8 Å². The number of rotatable bonds is 13. The maximum atomic E-state index is 13.5. The van der Waals surface area contributed by atoms with E-state index >= 15 is 0 Å². The van der Waals surface area contributed by atoms with E-state index in [0.29, 0.717) is 25.1 Å². The number of sulfonamides is 1. The van der Waals surface area contributed by atoms with Crippen molar-refractivity contribution in [1.82, 2.24) is 10.2 Å². The van der Waals surface area contributed by atoms with Gasteiger partial charge >= 0.3 is 0 Å². The van der Waals surface area contributed by atoms with Crippen LogP contribution in [0.2, 0.25) is 0 Å². The molecule has 0 aliphatic heterocycles. The van der Waals surface area contributed by atoms with Crippen molar-refractivity contribution in [3.8, 4) is 0 Å². The van der Waals surface area contributed by atoms with Crippen LogP contribution in [0.15, 0.2) is 48.5 Å². The van der Waals surface area contributed by atoms with Gasteiger partial charge in [-0.25, -0.2) is 8.42 Å². The summed E-state index contributed by atoms with van der Waals surface area (Å²) in [6, 6.07) is 14.7. The highest BCUT2D eigenvalue weighted by Gasteiger charge is 2.29. The lowest BCUT2D eigenvalue weighted by molar-refractivity contribution is -0.141. The Morgan fingerprint density at radius 2 is 1.67 bits per heavy atom. The van der Waals surface area contributed by atoms with Crippen LogP contribution in [0.3, 0.4) is 0 Å². The highest BCUT2D eigenvalue weighted by molar-refractivity contribution is 7.92. The minimum absolute atomic E-state index is 0.0149. The van der Waals surface area contributed by atoms with Gasteiger partial charge in [-0.2, -0.15) is 0 Å². The molecule has 0 saturated carbocycles. The number of nitrogens with one attached hydrogen (secondary N) is 1. The molecule has 0 unspecified atom stereocenters. The number of carbonyl (C=O) groups is 2. The van der Waals surface area contributed by atoms with E-state index in [0.717, 1.165) is 23.1 Å². The summed E-state index contributed by atoms with van der Waals surface area (Å²) in [6.07, 6.45) is 2.95. The Balaban J connectivity index is 2.23. The molecule has 1 N–H and O–H groups in total. The van der Waals surface area contributed by atoms with E-state index in [1.165, 1.54) is 10.6 Å². The third-order valence-electron chi connectivity index (χ3n) is 6.37. The zero-order valence-corrected chi connectivity index (χ0v) is 23.3. The normalized spacial score (nSPS) is 13.1. The Kier molecular flexibility index (Phi) is 11.0. The molecule has 2 rings (SSSR count). The van der Waals surface area contributed by atoms with Crippen LogP contribution in [0.25, 0.3) is 0 Å². The Hall–Kier alpha value is -2.87. The first kappa shape index (κ1) is 29.4. The Morgan fingerprint density at radius 3 is 2.25 bits per heavy atom. The molecule has 2 aromatic carbocycles. The van der Waals surface area contributed by atoms with Crippen LogP contribution >= 0.6 is 0 Å². The van der Waals surface area contributed by atoms with E-state index in [9.17, 15) is 18.0 Å². The minimum Gasteiger partial charge on any atom is -0.352 e. The molecule has 2 aromatic rings. The van der Waals surface area contributed by atoms with Crippen LogP contribution in [-0.4, -0.2) is 50.0 Å². The van der Waals surface area contributed by atoms with E-state index < -0.39 is 16.1 Å². The zero-order valence-electron chi connectivity index (χ0n) is 22.5. The molecule has 2 atom stereocenters. The predicted molar refractivity (Wildman–Crippen MR) is 146 cm³/mol. The lowest BCUT2D eigenvalue weighted by atomic mass is 10.1. The van der Waals surface area contributed by atoms with Gasteiger partial charge in [0.15, 0.2) is 0 Å². The molecule has 0 fully saturated rings. The Labute approximate surface area is 216 Å². The van der Waals surface area contributed by atoms with Crippen LogP contribution in [0.1, 0.15) is 63.1 Å². The topological polar surface area (TPSA) is 86.8 Å². The van der Waals surface area contributed by atoms with Gasteiger partial charge in [-0.1, -0.05) is 56.3 Å². The fourth-order valence-electron chi connectivity index (χ4n) is 4.11. The standard InChI is InChI=1S/C28H41N3O4S/c1-7-23(5)29-28(33)25(8-2)30(20-24-13-10-9-11-14-24)27(32)15-12-18-31(36(6,34)35)26-19-21(3)16-17-22(26)4/h9-11,13-14,16-17,19,23,25H,7-8,12,15,18,20H2,1-6H3,(H,29,33)/t23-,25-/m0/s1. The van der Waals surface area contributed by atoms with Crippen LogP contribution in [0, 0.1) is 13.8 Å². The number of amides is 2. The average molecular weight is 516 g/mol. The van der Waals surface area contributed by atoms with Gasteiger partial charge in [0.05, 0.1) is 11.9 Å². The molecule has 0 spiro atoms. The van der Waals surface area contributed by atoms with Crippen molar-refractivity contribution in [2.45, 2.75) is 78.9 Å². The average Bonchev–Trinajstić information content (AvgIpc) is 2.83. The van der Waals surface area contributed by atoms with Gasteiger partial charge in [0.1, 0.15) is 6.04 Å². The van der Waals surface area contributed by atoms with Crippen LogP contribution < -0.4 is 9.62 Å². The SMILES string of the molecule is CC[C@H](C)NC(=O)[C@H](CC)N(Cc1ccccc1)C(=O)CCCN(c1cc(C)ccc1C)S(C)(=O)=O. The lowest BCUT2D eigenvalue weighted by Gasteiger charge is -2.32. The first-order valence-corrected chi connectivity index (χ1v) is 14.5. The largest absolute Gasteiger partial charge is 0.352 e. The molecule has 36 heavy (non-hydrogen) atoms. The van der Waals surface area contributed by atoms with Gasteiger partial charge in [0.2, 0.25) is 21.8 Å². The number of hydrogen-bond acceptors (Lipinski definition) is 4. The summed E-state index contributed by atoms with van der Waals surface area (Å²) in [6.45, 7) is 10.1. The summed E-state index contributed by atoms with van der Waals surface area (Å²) >= 11 is 0. The number of hydrogen-bond donors (Lipinski definition) is 1. The third-order valence-corrected chi connectivity index (χ3v) is 7.55. The number of nitrogens with zero attached hydrogens (tertiary/aromatic N) is 2. The minimum atomic E-state index is -3.53. The maximum absolute atomic E-state index is 13.5. The van der Waals surface area contributed by atoms with Crippen molar-refractivity contribution in [2.24, 2.45) is 0 Å². The second-order valence-corrected chi connectivity index (χ2v) is 11.4. The summed E-state index contributed by atoms with van der Waals surface area (Å²) in [4.78, 5) is 28.2. The van der Waals surface area contributed by atoms with Crippen LogP contribution in [-0.2, 0) is 26.2 Å². The lowest BCUT2D eigenvalue weighted by Crippen LogP contribution is -2.50. The van der Waals surface area contributed by atoms with Crippen molar-refractivity contribution < 1.29 is 18.0 Å². The van der Waals surface area contributed by atoms with Crippen molar-refractivity contribution in [3.05, 3.63) is 65.2 Å². The van der Waals surface area contributed by atoms with Gasteiger partial charge in [-0.15, -0.1) is 0 Å². The smallest absolute Gasteiger partial charge is 0.243 e. The van der Waals surface area contributed by atoms with Gasteiger partial charge in [0.25, 0.3) is 0 Å². The zero-order chi connectivity index (χ0) is 26.9. The monoisotopic (exact) mass is 515 g/mol. The molecule has 2 amide bonds. The quantitative estimate of drug-likeness (QED) is 0.423. The van der Waals surface area contributed by atoms with E-state index in [4.69, 9.17) is 0 Å². The molecule has 0 bridgehead atoms. The summed E-state index contributed by atoms with van der Waals surface area (Å²) in [5.41, 5.74) is 3.39. The van der Waals surface area contributed by atoms with Crippen LogP contribution in [0.4, 0.5) is 5.69 Å². The molecule has 0 radical (unpaired) electrons. The second kappa shape index (κ2) is 13.4. The molecule has 0 aliphatic carbocycles. The molecule has 0 aromatic heterocycles. The first-order chi connectivity index (χ1) is 17.0. The maximum Gasteiger partial charge on any atom is 0.243 e. The van der Waals surface area contributed by atoms with Gasteiger partial charge in [-0.3, -0.25) is 13.9 Å². The van der Waals surface area contributed by atoms with Crippen molar-refractivity contribution in [2.75, 3.05) is 17.1 Å². The number of aryl methyl sites for hydroxylation is 2. The highest BCUT2D eigenvalue weighted by Crippen LogP contribution is 2.25. The number of carbonyl (C=O) groups excluding carboxylic acids is 2. The van der Waals surface area contributed by atoms with E-state index in [1.807, 2.05) is 83.1 Å². The van der Waals surface area contributed by atoms with Gasteiger partial charge in [0, 0.05) is 25.6 Å². The highest BCUT2D eigenvalue weighted by atomic mass is 32.2. The molecule has 7 nitrogen and oxygen atoms in total. The van der Waals surface area contributed by atoms with Crippen molar-refractivity contribution in [3.63, 3.8) is 0 Å². The van der Waals surface area contributed by atoms with Gasteiger partial charge < -0.3 is 10.2 Å². The van der Waals surface area contributed by atoms with Crippen molar-refractivity contribution >= 4 is 27.5 Å². The fourth-order valence-corrected chi connectivity index (χ4v) is 5.13. The summed E-state index contributed by atoms with van der Waals surface area (Å²) in [5.74, 6) is -0.330. The molecule has 198 valence electrons. The molecule has 0 saturated heterocycles. The molecular weight excluding hydrogens is 474 g/mol. The second-order valence-electron chi connectivity index (χ2n) is 9.48.